The van der Waals surface area contributed by atoms with Gasteiger partial charge in [-0.1, -0.05) is 30.3 Å². The Morgan fingerprint density at radius 3 is 2.73 bits per heavy atom. The average molecular weight is 265 g/mol. The summed E-state index contributed by atoms with van der Waals surface area (Å²) in [6, 6.07) is 10.5. The molecule has 0 saturated heterocycles. The molecule has 2 aromatic rings. The third-order valence-corrected chi connectivity index (χ3v) is 2.79. The van der Waals surface area contributed by atoms with E-state index >= 15 is 0 Å². The zero-order chi connectivity index (χ0) is 9.38. The lowest BCUT2D eigenvalue weighted by molar-refractivity contribution is 0.756. The van der Waals surface area contributed by atoms with Crippen LogP contribution >= 0.6 is 17.0 Å². The fourth-order valence-corrected chi connectivity index (χ4v) is 2.10. The van der Waals surface area contributed by atoms with Crippen molar-refractivity contribution in [1.29, 1.82) is 0 Å². The maximum Gasteiger partial charge on any atom is 0.109 e. The first-order chi connectivity index (χ1) is 6.95. The summed E-state index contributed by atoms with van der Waals surface area (Å²) >= 11 is 0. The molecule has 3 rings (SSSR count). The van der Waals surface area contributed by atoms with Crippen molar-refractivity contribution in [3.63, 3.8) is 0 Å². The predicted octanol–water partition coefficient (Wildman–Crippen LogP) is 3.07. The zero-order valence-electron chi connectivity index (χ0n) is 8.39. The number of benzene rings is 1. The van der Waals surface area contributed by atoms with Crippen LogP contribution in [-0.4, -0.2) is 9.55 Å². The Bertz CT molecular complexity index is 448. The summed E-state index contributed by atoms with van der Waals surface area (Å²) in [5.74, 6) is 1.24. The van der Waals surface area contributed by atoms with Crippen molar-refractivity contribution in [2.45, 2.75) is 19.4 Å². The van der Waals surface area contributed by atoms with Crippen LogP contribution in [0.5, 0.6) is 0 Å². The summed E-state index contributed by atoms with van der Waals surface area (Å²) in [6.07, 6.45) is 4.36. The number of hydrogen-bond acceptors (Lipinski definition) is 1. The van der Waals surface area contributed by atoms with Gasteiger partial charge in [-0.2, -0.15) is 0 Å². The SMILES string of the molecule is Br.c1ccc(-c2cnc3n2CCC3)cc1. The van der Waals surface area contributed by atoms with E-state index in [1.54, 1.807) is 0 Å². The van der Waals surface area contributed by atoms with Gasteiger partial charge in [0.05, 0.1) is 11.9 Å². The molecule has 15 heavy (non-hydrogen) atoms. The number of imidazole rings is 1. The number of aryl methyl sites for hydroxylation is 1. The van der Waals surface area contributed by atoms with E-state index in [4.69, 9.17) is 0 Å². The summed E-state index contributed by atoms with van der Waals surface area (Å²) < 4.78 is 2.33. The highest BCUT2D eigenvalue weighted by molar-refractivity contribution is 8.93. The molecule has 1 aliphatic heterocycles. The molecule has 1 aliphatic rings. The molecule has 1 aromatic heterocycles. The van der Waals surface area contributed by atoms with Gasteiger partial charge in [-0.05, 0) is 12.0 Å². The maximum absolute atomic E-state index is 4.44. The van der Waals surface area contributed by atoms with Gasteiger partial charge in [0.25, 0.3) is 0 Å². The average Bonchev–Trinajstić information content (AvgIpc) is 2.79. The zero-order valence-corrected chi connectivity index (χ0v) is 10.1. The molecule has 0 fully saturated rings. The molecule has 3 heteroatoms. The number of rotatable bonds is 1. The number of halogens is 1. The second-order valence-electron chi connectivity index (χ2n) is 3.68. The van der Waals surface area contributed by atoms with E-state index in [2.05, 4.69) is 33.8 Å². The highest BCUT2D eigenvalue weighted by Crippen LogP contribution is 2.24. The molecule has 0 spiro atoms. The van der Waals surface area contributed by atoms with Crippen molar-refractivity contribution in [2.24, 2.45) is 0 Å². The topological polar surface area (TPSA) is 17.8 Å². The molecular formula is C12H13BrN2. The summed E-state index contributed by atoms with van der Waals surface area (Å²) in [6.45, 7) is 1.12. The molecule has 0 aliphatic carbocycles. The quantitative estimate of drug-likeness (QED) is 0.774. The smallest absolute Gasteiger partial charge is 0.109 e. The van der Waals surface area contributed by atoms with E-state index in [-0.39, 0.29) is 17.0 Å². The van der Waals surface area contributed by atoms with Crippen molar-refractivity contribution in [3.05, 3.63) is 42.4 Å². The maximum atomic E-state index is 4.44. The number of aromatic nitrogens is 2. The summed E-state index contributed by atoms with van der Waals surface area (Å²) in [5, 5.41) is 0. The van der Waals surface area contributed by atoms with E-state index in [1.807, 2.05) is 12.3 Å². The molecular weight excluding hydrogens is 252 g/mol. The molecule has 0 saturated carbocycles. The lowest BCUT2D eigenvalue weighted by Gasteiger charge is -2.03. The van der Waals surface area contributed by atoms with Crippen LogP contribution in [0.4, 0.5) is 0 Å². The minimum atomic E-state index is 0. The van der Waals surface area contributed by atoms with Gasteiger partial charge in [0.2, 0.25) is 0 Å². The van der Waals surface area contributed by atoms with E-state index in [9.17, 15) is 0 Å². The second kappa shape index (κ2) is 4.19. The molecule has 0 atom stereocenters. The third-order valence-electron chi connectivity index (χ3n) is 2.79. The summed E-state index contributed by atoms with van der Waals surface area (Å²) in [5.41, 5.74) is 2.53. The minimum Gasteiger partial charge on any atom is -0.328 e. The Kier molecular flexibility index (Phi) is 2.91. The summed E-state index contributed by atoms with van der Waals surface area (Å²) in [4.78, 5) is 4.44. The monoisotopic (exact) mass is 264 g/mol. The van der Waals surface area contributed by atoms with E-state index in [1.165, 1.54) is 23.5 Å². The van der Waals surface area contributed by atoms with E-state index in [0.29, 0.717) is 0 Å². The van der Waals surface area contributed by atoms with Crippen LogP contribution in [0, 0.1) is 0 Å². The fraction of sp³-hybridized carbons (Fsp3) is 0.250. The molecule has 2 nitrogen and oxygen atoms in total. The van der Waals surface area contributed by atoms with Crippen LogP contribution in [0.2, 0.25) is 0 Å². The van der Waals surface area contributed by atoms with Crippen LogP contribution in [-0.2, 0) is 13.0 Å². The van der Waals surface area contributed by atoms with Gasteiger partial charge in [0.15, 0.2) is 0 Å². The summed E-state index contributed by atoms with van der Waals surface area (Å²) in [7, 11) is 0. The number of nitrogens with zero attached hydrogens (tertiary/aromatic N) is 2. The van der Waals surface area contributed by atoms with Gasteiger partial charge in [0, 0.05) is 13.0 Å². The predicted molar refractivity (Wildman–Crippen MR) is 66.3 cm³/mol. The molecule has 0 amide bonds. The Labute approximate surface area is 99.7 Å². The highest BCUT2D eigenvalue weighted by Gasteiger charge is 2.15. The first-order valence-corrected chi connectivity index (χ1v) is 5.05. The molecule has 2 heterocycles. The standard InChI is InChI=1S/C12H12N2.BrH/c1-2-5-10(6-3-1)11-9-13-12-7-4-8-14(11)12;/h1-3,5-6,9H,4,7-8H2;1H. The second-order valence-corrected chi connectivity index (χ2v) is 3.68. The Balaban J connectivity index is 0.000000853. The van der Waals surface area contributed by atoms with Gasteiger partial charge in [-0.25, -0.2) is 4.98 Å². The highest BCUT2D eigenvalue weighted by atomic mass is 79.9. The minimum absolute atomic E-state index is 0. The Hall–Kier alpha value is -1.09. The van der Waals surface area contributed by atoms with Gasteiger partial charge < -0.3 is 4.57 Å². The third kappa shape index (κ3) is 1.72. The van der Waals surface area contributed by atoms with Crippen LogP contribution in [0.15, 0.2) is 36.5 Å². The first-order valence-electron chi connectivity index (χ1n) is 5.05. The first kappa shape index (κ1) is 10.4. The molecule has 1 aromatic carbocycles. The lowest BCUT2D eigenvalue weighted by atomic mass is 10.2. The van der Waals surface area contributed by atoms with E-state index in [0.717, 1.165) is 13.0 Å². The van der Waals surface area contributed by atoms with Crippen LogP contribution in [0.3, 0.4) is 0 Å². The Morgan fingerprint density at radius 1 is 1.13 bits per heavy atom. The van der Waals surface area contributed by atoms with Crippen molar-refractivity contribution in [2.75, 3.05) is 0 Å². The molecule has 0 radical (unpaired) electrons. The largest absolute Gasteiger partial charge is 0.328 e. The van der Waals surface area contributed by atoms with Gasteiger partial charge in [-0.15, -0.1) is 17.0 Å². The molecule has 0 bridgehead atoms. The van der Waals surface area contributed by atoms with Crippen LogP contribution in [0.1, 0.15) is 12.2 Å². The molecule has 78 valence electrons. The fourth-order valence-electron chi connectivity index (χ4n) is 2.10. The molecule has 0 N–H and O–H groups in total. The van der Waals surface area contributed by atoms with Crippen molar-refractivity contribution in [1.82, 2.24) is 9.55 Å². The van der Waals surface area contributed by atoms with Gasteiger partial charge in [0.1, 0.15) is 5.82 Å². The normalized spacial score (nSPS) is 13.3. The van der Waals surface area contributed by atoms with Crippen molar-refractivity contribution >= 4 is 17.0 Å². The van der Waals surface area contributed by atoms with Crippen molar-refractivity contribution in [3.8, 4) is 11.3 Å². The lowest BCUT2D eigenvalue weighted by Crippen LogP contribution is -1.94. The number of fused-ring (bicyclic) bond motifs is 1. The van der Waals surface area contributed by atoms with E-state index < -0.39 is 0 Å². The Morgan fingerprint density at radius 2 is 1.93 bits per heavy atom. The van der Waals surface area contributed by atoms with Crippen LogP contribution in [0.25, 0.3) is 11.3 Å². The van der Waals surface area contributed by atoms with Gasteiger partial charge >= 0.3 is 0 Å². The number of hydrogen-bond donors (Lipinski definition) is 0. The van der Waals surface area contributed by atoms with Gasteiger partial charge in [-0.3, -0.25) is 0 Å². The van der Waals surface area contributed by atoms with Crippen LogP contribution < -0.4 is 0 Å². The molecule has 0 unspecified atom stereocenters. The van der Waals surface area contributed by atoms with Crippen molar-refractivity contribution < 1.29 is 0 Å².